The minimum Gasteiger partial charge on any atom is -0.379 e. The molecular weight excluding hydrogens is 255 g/mol. The maximum Gasteiger partial charge on any atom is 0.127 e. The van der Waals surface area contributed by atoms with Gasteiger partial charge in [0.1, 0.15) is 5.82 Å². The van der Waals surface area contributed by atoms with Crippen molar-refractivity contribution in [2.45, 2.75) is 25.3 Å². The lowest BCUT2D eigenvalue weighted by Crippen LogP contribution is -2.35. The van der Waals surface area contributed by atoms with Crippen LogP contribution < -0.4 is 5.32 Å². The summed E-state index contributed by atoms with van der Waals surface area (Å²) in [6, 6.07) is 5.82. The van der Waals surface area contributed by atoms with Crippen LogP contribution >= 0.6 is 0 Å². The number of hydrogen-bond donors (Lipinski definition) is 1. The van der Waals surface area contributed by atoms with Crippen LogP contribution in [0.5, 0.6) is 0 Å². The van der Waals surface area contributed by atoms with E-state index in [2.05, 4.69) is 16.3 Å². The first kappa shape index (κ1) is 14.0. The number of benzene rings is 1. The van der Waals surface area contributed by atoms with Gasteiger partial charge in [0.15, 0.2) is 0 Å². The van der Waals surface area contributed by atoms with Gasteiger partial charge in [-0.3, -0.25) is 4.90 Å². The van der Waals surface area contributed by atoms with Gasteiger partial charge in [0.2, 0.25) is 0 Å². The van der Waals surface area contributed by atoms with Crippen molar-refractivity contribution in [2.24, 2.45) is 0 Å². The Morgan fingerprint density at radius 1 is 1.30 bits per heavy atom. The molecule has 3 nitrogen and oxygen atoms in total. The van der Waals surface area contributed by atoms with Crippen LogP contribution in [0.3, 0.4) is 0 Å². The third-order valence-electron chi connectivity index (χ3n) is 4.34. The highest BCUT2D eigenvalue weighted by Gasteiger charge is 2.18. The molecule has 3 rings (SSSR count). The molecule has 0 aliphatic carbocycles. The van der Waals surface area contributed by atoms with E-state index >= 15 is 0 Å². The Hall–Kier alpha value is -0.970. The molecule has 110 valence electrons. The standard InChI is InChI=1S/C16H23FN2O/c17-16-10-13(14-2-1-5-18-11-14)3-4-15(16)12-19-6-8-20-9-7-19/h3-4,10,14,18H,1-2,5-9,11-12H2. The fourth-order valence-corrected chi connectivity index (χ4v) is 3.08. The van der Waals surface area contributed by atoms with E-state index in [1.165, 1.54) is 6.42 Å². The Labute approximate surface area is 120 Å². The van der Waals surface area contributed by atoms with E-state index in [1.54, 1.807) is 6.07 Å². The molecule has 1 atom stereocenters. The second-order valence-electron chi connectivity index (χ2n) is 5.78. The topological polar surface area (TPSA) is 24.5 Å². The van der Waals surface area contributed by atoms with Gasteiger partial charge in [0, 0.05) is 31.7 Å². The fourth-order valence-electron chi connectivity index (χ4n) is 3.08. The number of ether oxygens (including phenoxy) is 1. The number of halogens is 1. The van der Waals surface area contributed by atoms with Crippen LogP contribution in [0.25, 0.3) is 0 Å². The maximum atomic E-state index is 14.3. The summed E-state index contributed by atoms with van der Waals surface area (Å²) < 4.78 is 19.6. The molecule has 4 heteroatoms. The van der Waals surface area contributed by atoms with Crippen molar-refractivity contribution >= 4 is 0 Å². The monoisotopic (exact) mass is 278 g/mol. The predicted molar refractivity (Wildman–Crippen MR) is 77.3 cm³/mol. The molecule has 0 saturated carbocycles. The summed E-state index contributed by atoms with van der Waals surface area (Å²) in [6.45, 7) is 6.07. The Balaban J connectivity index is 1.66. The summed E-state index contributed by atoms with van der Waals surface area (Å²) in [5.74, 6) is 0.412. The Morgan fingerprint density at radius 2 is 2.15 bits per heavy atom. The minimum absolute atomic E-state index is 0.0560. The summed E-state index contributed by atoms with van der Waals surface area (Å²) in [5.41, 5.74) is 1.94. The van der Waals surface area contributed by atoms with Gasteiger partial charge in [0.05, 0.1) is 13.2 Å². The van der Waals surface area contributed by atoms with E-state index in [-0.39, 0.29) is 5.82 Å². The lowest BCUT2D eigenvalue weighted by molar-refractivity contribution is 0.0337. The highest BCUT2D eigenvalue weighted by atomic mass is 19.1. The molecule has 2 fully saturated rings. The van der Waals surface area contributed by atoms with Crippen molar-refractivity contribution in [1.82, 2.24) is 10.2 Å². The van der Waals surface area contributed by atoms with Crippen LogP contribution in [0, 0.1) is 5.82 Å². The molecule has 0 bridgehead atoms. The molecule has 20 heavy (non-hydrogen) atoms. The first-order valence-electron chi connectivity index (χ1n) is 7.62. The molecule has 0 radical (unpaired) electrons. The number of morpholine rings is 1. The van der Waals surface area contributed by atoms with Crippen LogP contribution in [0.15, 0.2) is 18.2 Å². The second-order valence-corrected chi connectivity index (χ2v) is 5.78. The zero-order valence-electron chi connectivity index (χ0n) is 11.9. The van der Waals surface area contributed by atoms with E-state index in [0.29, 0.717) is 12.5 Å². The average Bonchev–Trinajstić information content (AvgIpc) is 2.51. The lowest BCUT2D eigenvalue weighted by Gasteiger charge is -2.27. The Kier molecular flexibility index (Phi) is 4.65. The number of nitrogens with one attached hydrogen (secondary N) is 1. The molecular formula is C16H23FN2O. The number of piperidine rings is 1. The maximum absolute atomic E-state index is 14.3. The smallest absolute Gasteiger partial charge is 0.127 e. The van der Waals surface area contributed by atoms with Crippen molar-refractivity contribution in [3.63, 3.8) is 0 Å². The van der Waals surface area contributed by atoms with E-state index in [1.807, 2.05) is 6.07 Å². The van der Waals surface area contributed by atoms with Crippen molar-refractivity contribution in [2.75, 3.05) is 39.4 Å². The fraction of sp³-hybridized carbons (Fsp3) is 0.625. The molecule has 0 spiro atoms. The van der Waals surface area contributed by atoms with Crippen LogP contribution in [-0.2, 0) is 11.3 Å². The van der Waals surface area contributed by atoms with Gasteiger partial charge >= 0.3 is 0 Å². The third-order valence-corrected chi connectivity index (χ3v) is 4.34. The highest BCUT2D eigenvalue weighted by Crippen LogP contribution is 2.25. The highest BCUT2D eigenvalue weighted by molar-refractivity contribution is 5.27. The predicted octanol–water partition coefficient (Wildman–Crippen LogP) is 2.12. The molecule has 2 aliphatic rings. The van der Waals surface area contributed by atoms with Crippen molar-refractivity contribution in [3.8, 4) is 0 Å². The van der Waals surface area contributed by atoms with E-state index < -0.39 is 0 Å². The van der Waals surface area contributed by atoms with Gasteiger partial charge in [-0.15, -0.1) is 0 Å². The number of hydrogen-bond acceptors (Lipinski definition) is 3. The van der Waals surface area contributed by atoms with Crippen LogP contribution in [-0.4, -0.2) is 44.3 Å². The van der Waals surface area contributed by atoms with Gasteiger partial charge in [-0.25, -0.2) is 4.39 Å². The van der Waals surface area contributed by atoms with E-state index in [9.17, 15) is 4.39 Å². The van der Waals surface area contributed by atoms with Crippen LogP contribution in [0.1, 0.15) is 29.9 Å². The SMILES string of the molecule is Fc1cc(C2CCCNC2)ccc1CN1CCOCC1. The molecule has 1 aromatic rings. The summed E-state index contributed by atoms with van der Waals surface area (Å²) in [6.07, 6.45) is 2.34. The molecule has 2 heterocycles. The van der Waals surface area contributed by atoms with Gasteiger partial charge in [0.25, 0.3) is 0 Å². The molecule has 2 saturated heterocycles. The molecule has 0 aromatic heterocycles. The summed E-state index contributed by atoms with van der Waals surface area (Å²) in [4.78, 5) is 2.25. The first-order chi connectivity index (χ1) is 9.83. The van der Waals surface area contributed by atoms with E-state index in [4.69, 9.17) is 4.74 Å². The average molecular weight is 278 g/mol. The van der Waals surface area contributed by atoms with E-state index in [0.717, 1.165) is 56.9 Å². The quantitative estimate of drug-likeness (QED) is 0.916. The van der Waals surface area contributed by atoms with Crippen LogP contribution in [0.4, 0.5) is 4.39 Å². The Morgan fingerprint density at radius 3 is 2.85 bits per heavy atom. The summed E-state index contributed by atoms with van der Waals surface area (Å²) in [7, 11) is 0. The van der Waals surface area contributed by atoms with Crippen molar-refractivity contribution in [1.29, 1.82) is 0 Å². The van der Waals surface area contributed by atoms with Crippen molar-refractivity contribution < 1.29 is 9.13 Å². The number of nitrogens with zero attached hydrogens (tertiary/aromatic N) is 1. The van der Waals surface area contributed by atoms with Gasteiger partial charge < -0.3 is 10.1 Å². The zero-order valence-corrected chi connectivity index (χ0v) is 11.9. The Bertz CT molecular complexity index is 440. The van der Waals surface area contributed by atoms with Crippen molar-refractivity contribution in [3.05, 3.63) is 35.1 Å². The van der Waals surface area contributed by atoms with Gasteiger partial charge in [-0.1, -0.05) is 12.1 Å². The van der Waals surface area contributed by atoms with Gasteiger partial charge in [-0.2, -0.15) is 0 Å². The molecule has 2 aliphatic heterocycles. The normalized spacial score (nSPS) is 24.8. The lowest BCUT2D eigenvalue weighted by atomic mass is 9.91. The summed E-state index contributed by atoms with van der Waals surface area (Å²) in [5, 5.41) is 3.39. The largest absolute Gasteiger partial charge is 0.379 e. The first-order valence-corrected chi connectivity index (χ1v) is 7.62. The van der Waals surface area contributed by atoms with Crippen LogP contribution in [0.2, 0.25) is 0 Å². The zero-order chi connectivity index (χ0) is 13.8. The summed E-state index contributed by atoms with van der Waals surface area (Å²) >= 11 is 0. The molecule has 0 amide bonds. The molecule has 1 unspecified atom stereocenters. The van der Waals surface area contributed by atoms with Gasteiger partial charge in [-0.05, 0) is 36.9 Å². The second kappa shape index (κ2) is 6.66. The molecule has 1 aromatic carbocycles. The third kappa shape index (κ3) is 3.37. The molecule has 1 N–H and O–H groups in total. The minimum atomic E-state index is -0.0560. The number of rotatable bonds is 3.